The summed E-state index contributed by atoms with van der Waals surface area (Å²) in [5.74, 6) is -0.777. The lowest BCUT2D eigenvalue weighted by atomic mass is 10.2. The number of amides is 2. The van der Waals surface area contributed by atoms with Crippen LogP contribution < -0.4 is 16.8 Å². The Balaban J connectivity index is 2.54. The number of carbonyl (C=O) groups excluding carboxylic acids is 2. The molecule has 5 N–H and O–H groups in total. The molecule has 94 valence electrons. The number of hydrogen-bond donors (Lipinski definition) is 3. The van der Waals surface area contributed by atoms with Crippen LogP contribution in [0.25, 0.3) is 0 Å². The van der Waals surface area contributed by atoms with Crippen LogP contribution in [0.15, 0.2) is 12.5 Å². The van der Waals surface area contributed by atoms with Gasteiger partial charge in [-0.1, -0.05) is 0 Å². The Morgan fingerprint density at radius 1 is 1.59 bits per heavy atom. The normalized spacial score (nSPS) is 12.1. The molecule has 0 saturated carbocycles. The van der Waals surface area contributed by atoms with E-state index in [4.69, 9.17) is 11.5 Å². The van der Waals surface area contributed by atoms with Gasteiger partial charge in [-0.05, 0) is 6.92 Å². The van der Waals surface area contributed by atoms with E-state index in [9.17, 15) is 9.59 Å². The van der Waals surface area contributed by atoms with Crippen molar-refractivity contribution in [1.82, 2.24) is 14.9 Å². The van der Waals surface area contributed by atoms with Crippen LogP contribution in [0, 0.1) is 0 Å². The average Bonchev–Trinajstić information content (AvgIpc) is 2.65. The Labute approximate surface area is 99.2 Å². The maximum absolute atomic E-state index is 11.7. The molecule has 0 aliphatic rings. The first-order valence-electron chi connectivity index (χ1n) is 5.34. The molecule has 2 amide bonds. The zero-order valence-electron chi connectivity index (χ0n) is 9.72. The molecule has 1 atom stereocenters. The SMILES string of the molecule is CC(CC(N)=O)NC(=O)c1cn(CCN)cn1. The monoisotopic (exact) mass is 239 g/mol. The molecular formula is C10H17N5O2. The number of primary amides is 1. The molecule has 0 aliphatic carbocycles. The maximum atomic E-state index is 11.7. The first-order valence-corrected chi connectivity index (χ1v) is 5.34. The van der Waals surface area contributed by atoms with E-state index in [0.717, 1.165) is 0 Å². The highest BCUT2D eigenvalue weighted by molar-refractivity contribution is 5.92. The number of imidazole rings is 1. The molecule has 7 nitrogen and oxygen atoms in total. The first-order chi connectivity index (χ1) is 8.02. The van der Waals surface area contributed by atoms with Crippen molar-refractivity contribution in [2.45, 2.75) is 25.9 Å². The van der Waals surface area contributed by atoms with E-state index >= 15 is 0 Å². The van der Waals surface area contributed by atoms with Gasteiger partial charge in [0.05, 0.1) is 6.33 Å². The molecule has 17 heavy (non-hydrogen) atoms. The Morgan fingerprint density at radius 3 is 2.88 bits per heavy atom. The Bertz CT molecular complexity index is 401. The van der Waals surface area contributed by atoms with Crippen LogP contribution >= 0.6 is 0 Å². The van der Waals surface area contributed by atoms with E-state index in [1.807, 2.05) is 0 Å². The van der Waals surface area contributed by atoms with Gasteiger partial charge in [0.1, 0.15) is 5.69 Å². The van der Waals surface area contributed by atoms with Gasteiger partial charge in [-0.15, -0.1) is 0 Å². The fourth-order valence-corrected chi connectivity index (χ4v) is 1.40. The van der Waals surface area contributed by atoms with Crippen LogP contribution in [-0.4, -0.2) is 34.0 Å². The topological polar surface area (TPSA) is 116 Å². The zero-order valence-corrected chi connectivity index (χ0v) is 9.72. The number of nitrogens with zero attached hydrogens (tertiary/aromatic N) is 2. The van der Waals surface area contributed by atoms with Gasteiger partial charge in [0.2, 0.25) is 5.91 Å². The lowest BCUT2D eigenvalue weighted by molar-refractivity contribution is -0.118. The number of nitrogens with one attached hydrogen (secondary N) is 1. The van der Waals surface area contributed by atoms with Crippen molar-refractivity contribution in [1.29, 1.82) is 0 Å². The summed E-state index contributed by atoms with van der Waals surface area (Å²) in [4.78, 5) is 26.3. The van der Waals surface area contributed by atoms with Crippen LogP contribution in [0.3, 0.4) is 0 Å². The van der Waals surface area contributed by atoms with Crippen LogP contribution in [0.1, 0.15) is 23.8 Å². The van der Waals surface area contributed by atoms with Crippen molar-refractivity contribution in [2.75, 3.05) is 6.54 Å². The van der Waals surface area contributed by atoms with Crippen LogP contribution in [0.4, 0.5) is 0 Å². The third-order valence-electron chi connectivity index (χ3n) is 2.14. The van der Waals surface area contributed by atoms with Crippen molar-refractivity contribution in [2.24, 2.45) is 11.5 Å². The van der Waals surface area contributed by atoms with E-state index in [0.29, 0.717) is 18.8 Å². The molecule has 0 fully saturated rings. The summed E-state index contributed by atoms with van der Waals surface area (Å²) in [6, 6.07) is -0.306. The van der Waals surface area contributed by atoms with E-state index < -0.39 is 5.91 Å². The Morgan fingerprint density at radius 2 is 2.29 bits per heavy atom. The first kappa shape index (κ1) is 13.2. The average molecular weight is 239 g/mol. The molecule has 0 spiro atoms. The van der Waals surface area contributed by atoms with E-state index in [1.54, 1.807) is 24.0 Å². The second-order valence-electron chi connectivity index (χ2n) is 3.83. The Hall–Kier alpha value is -1.89. The number of hydrogen-bond acceptors (Lipinski definition) is 4. The number of aromatic nitrogens is 2. The predicted octanol–water partition coefficient (Wildman–Crippen LogP) is -1.16. The van der Waals surface area contributed by atoms with Gasteiger partial charge in [0.15, 0.2) is 0 Å². The number of carbonyl (C=O) groups is 2. The molecule has 1 heterocycles. The van der Waals surface area contributed by atoms with E-state index in [-0.39, 0.29) is 18.4 Å². The van der Waals surface area contributed by atoms with Gasteiger partial charge in [-0.2, -0.15) is 0 Å². The summed E-state index contributed by atoms with van der Waals surface area (Å²) in [6.07, 6.45) is 3.26. The molecule has 1 aromatic rings. The summed E-state index contributed by atoms with van der Waals surface area (Å²) in [7, 11) is 0. The summed E-state index contributed by atoms with van der Waals surface area (Å²) >= 11 is 0. The molecule has 0 aromatic carbocycles. The molecule has 7 heteroatoms. The van der Waals surface area contributed by atoms with Gasteiger partial charge in [-0.25, -0.2) is 4.98 Å². The molecule has 0 saturated heterocycles. The van der Waals surface area contributed by atoms with Crippen LogP contribution in [0.2, 0.25) is 0 Å². The van der Waals surface area contributed by atoms with Crippen LogP contribution in [0.5, 0.6) is 0 Å². The number of rotatable bonds is 6. The van der Waals surface area contributed by atoms with Gasteiger partial charge in [-0.3, -0.25) is 9.59 Å². The minimum absolute atomic E-state index is 0.106. The van der Waals surface area contributed by atoms with Gasteiger partial charge < -0.3 is 21.4 Å². The minimum atomic E-state index is -0.452. The highest BCUT2D eigenvalue weighted by Gasteiger charge is 2.13. The van der Waals surface area contributed by atoms with Crippen LogP contribution in [-0.2, 0) is 11.3 Å². The third kappa shape index (κ3) is 4.23. The van der Waals surface area contributed by atoms with Crippen molar-refractivity contribution >= 4 is 11.8 Å². The third-order valence-corrected chi connectivity index (χ3v) is 2.14. The zero-order chi connectivity index (χ0) is 12.8. The fraction of sp³-hybridized carbons (Fsp3) is 0.500. The summed E-state index contributed by atoms with van der Waals surface area (Å²) in [6.45, 7) is 2.80. The second-order valence-corrected chi connectivity index (χ2v) is 3.83. The smallest absolute Gasteiger partial charge is 0.271 e. The minimum Gasteiger partial charge on any atom is -0.370 e. The molecular weight excluding hydrogens is 222 g/mol. The highest BCUT2D eigenvalue weighted by Crippen LogP contribution is 1.98. The quantitative estimate of drug-likeness (QED) is 0.580. The summed E-state index contributed by atoms with van der Waals surface area (Å²) < 4.78 is 1.73. The fourth-order valence-electron chi connectivity index (χ4n) is 1.40. The lowest BCUT2D eigenvalue weighted by Gasteiger charge is -2.10. The van der Waals surface area contributed by atoms with Crippen molar-refractivity contribution in [3.05, 3.63) is 18.2 Å². The highest BCUT2D eigenvalue weighted by atomic mass is 16.2. The molecule has 0 radical (unpaired) electrons. The molecule has 1 unspecified atom stereocenters. The van der Waals surface area contributed by atoms with Gasteiger partial charge >= 0.3 is 0 Å². The van der Waals surface area contributed by atoms with Gasteiger partial charge in [0.25, 0.3) is 5.91 Å². The van der Waals surface area contributed by atoms with Gasteiger partial charge in [0, 0.05) is 31.7 Å². The second kappa shape index (κ2) is 6.00. The lowest BCUT2D eigenvalue weighted by Crippen LogP contribution is -2.35. The molecule has 1 aromatic heterocycles. The summed E-state index contributed by atoms with van der Waals surface area (Å²) in [5.41, 5.74) is 10.7. The van der Waals surface area contributed by atoms with E-state index in [1.165, 1.54) is 0 Å². The Kier molecular flexibility index (Phi) is 4.65. The van der Waals surface area contributed by atoms with E-state index in [2.05, 4.69) is 10.3 Å². The number of nitrogens with two attached hydrogens (primary N) is 2. The maximum Gasteiger partial charge on any atom is 0.271 e. The van der Waals surface area contributed by atoms with Crippen molar-refractivity contribution in [3.8, 4) is 0 Å². The largest absolute Gasteiger partial charge is 0.370 e. The standard InChI is InChI=1S/C10H17N5O2/c1-7(4-9(12)16)14-10(17)8-5-15(3-2-11)6-13-8/h5-7H,2-4,11H2,1H3,(H2,12,16)(H,14,17). The molecule has 0 aliphatic heterocycles. The molecule has 0 bridgehead atoms. The van der Waals surface area contributed by atoms with Crippen molar-refractivity contribution in [3.63, 3.8) is 0 Å². The predicted molar refractivity (Wildman–Crippen MR) is 62.0 cm³/mol. The molecule has 1 rings (SSSR count). The summed E-state index contributed by atoms with van der Waals surface area (Å²) in [5, 5.41) is 2.64. The van der Waals surface area contributed by atoms with Crippen molar-refractivity contribution < 1.29 is 9.59 Å².